The van der Waals surface area contributed by atoms with Crippen molar-refractivity contribution in [3.05, 3.63) is 40.5 Å². The van der Waals surface area contributed by atoms with Crippen molar-refractivity contribution in [2.24, 2.45) is 7.05 Å². The van der Waals surface area contributed by atoms with Gasteiger partial charge in [0.05, 0.1) is 11.2 Å². The summed E-state index contributed by atoms with van der Waals surface area (Å²) in [6.07, 6.45) is 0. The Morgan fingerprint density at radius 3 is 2.82 bits per heavy atom. The lowest BCUT2D eigenvalue weighted by molar-refractivity contribution is 0.427. The van der Waals surface area contributed by atoms with Crippen LogP contribution in [0.5, 0.6) is 0 Å². The van der Waals surface area contributed by atoms with Crippen LogP contribution in [0.4, 0.5) is 0 Å². The molecule has 0 unspecified atom stereocenters. The predicted octanol–water partition coefficient (Wildman–Crippen LogP) is 2.09. The molecule has 1 aromatic carbocycles. The van der Waals surface area contributed by atoms with Gasteiger partial charge in [0.2, 0.25) is 0 Å². The zero-order valence-corrected chi connectivity index (χ0v) is 9.43. The molecule has 0 amide bonds. The number of aromatic nitrogens is 2. The van der Waals surface area contributed by atoms with Crippen LogP contribution in [0.1, 0.15) is 5.69 Å². The second-order valence-electron chi connectivity index (χ2n) is 3.94. The summed E-state index contributed by atoms with van der Waals surface area (Å²) >= 11 is 0. The molecular formula is C12H10N2O3. The van der Waals surface area contributed by atoms with Crippen molar-refractivity contribution >= 4 is 11.1 Å². The van der Waals surface area contributed by atoms with Gasteiger partial charge >= 0.3 is 5.76 Å². The third-order valence-electron chi connectivity index (χ3n) is 2.70. The monoisotopic (exact) mass is 230 g/mol. The first-order valence-corrected chi connectivity index (χ1v) is 5.18. The number of hydrogen-bond acceptors (Lipinski definition) is 4. The highest BCUT2D eigenvalue weighted by molar-refractivity contribution is 5.79. The maximum Gasteiger partial charge on any atom is 0.419 e. The number of oxazole rings is 1. The molecular weight excluding hydrogens is 220 g/mol. The molecule has 86 valence electrons. The Morgan fingerprint density at radius 1 is 1.29 bits per heavy atom. The van der Waals surface area contributed by atoms with Crippen molar-refractivity contribution in [2.45, 2.75) is 6.92 Å². The molecule has 5 heteroatoms. The standard InChI is InChI=1S/C12H10N2O3/c1-7-5-10(17-13-7)8-3-4-9-11(6-8)16-12(15)14(9)2/h3-6H,1-2H3. The fourth-order valence-corrected chi connectivity index (χ4v) is 1.79. The van der Waals surface area contributed by atoms with Gasteiger partial charge in [-0.2, -0.15) is 0 Å². The summed E-state index contributed by atoms with van der Waals surface area (Å²) in [4.78, 5) is 11.4. The second-order valence-corrected chi connectivity index (χ2v) is 3.94. The van der Waals surface area contributed by atoms with E-state index in [2.05, 4.69) is 5.16 Å². The van der Waals surface area contributed by atoms with E-state index in [0.717, 1.165) is 16.8 Å². The SMILES string of the molecule is Cc1cc(-c2ccc3c(c2)oc(=O)n3C)on1. The number of hydrogen-bond donors (Lipinski definition) is 0. The molecule has 2 heterocycles. The molecule has 0 N–H and O–H groups in total. The van der Waals surface area contributed by atoms with Crippen molar-refractivity contribution in [3.8, 4) is 11.3 Å². The highest BCUT2D eigenvalue weighted by Gasteiger charge is 2.09. The average Bonchev–Trinajstić information content (AvgIpc) is 2.85. The lowest BCUT2D eigenvalue weighted by atomic mass is 10.1. The predicted molar refractivity (Wildman–Crippen MR) is 61.7 cm³/mol. The van der Waals surface area contributed by atoms with E-state index in [1.807, 2.05) is 25.1 Å². The Labute approximate surface area is 96.3 Å². The van der Waals surface area contributed by atoms with E-state index < -0.39 is 0 Å². The molecule has 0 aliphatic rings. The highest BCUT2D eigenvalue weighted by Crippen LogP contribution is 2.24. The van der Waals surface area contributed by atoms with Gasteiger partial charge in [-0.05, 0) is 25.1 Å². The summed E-state index contributed by atoms with van der Waals surface area (Å²) in [5.41, 5.74) is 2.96. The Bertz CT molecular complexity index is 749. The van der Waals surface area contributed by atoms with Gasteiger partial charge in [0.25, 0.3) is 0 Å². The zero-order valence-electron chi connectivity index (χ0n) is 9.43. The van der Waals surface area contributed by atoms with E-state index in [-0.39, 0.29) is 5.76 Å². The molecule has 0 saturated carbocycles. The number of nitrogens with zero attached hydrogens (tertiary/aromatic N) is 2. The zero-order chi connectivity index (χ0) is 12.0. The molecule has 3 aromatic rings. The van der Waals surface area contributed by atoms with E-state index in [9.17, 15) is 4.79 Å². The quantitative estimate of drug-likeness (QED) is 0.642. The van der Waals surface area contributed by atoms with Crippen LogP contribution >= 0.6 is 0 Å². The highest BCUT2D eigenvalue weighted by atomic mass is 16.5. The Morgan fingerprint density at radius 2 is 2.12 bits per heavy atom. The van der Waals surface area contributed by atoms with Crippen molar-refractivity contribution in [3.63, 3.8) is 0 Å². The van der Waals surface area contributed by atoms with Gasteiger partial charge in [0, 0.05) is 18.7 Å². The normalized spacial score (nSPS) is 11.2. The molecule has 5 nitrogen and oxygen atoms in total. The minimum atomic E-state index is -0.370. The summed E-state index contributed by atoms with van der Waals surface area (Å²) in [5.74, 6) is 0.293. The topological polar surface area (TPSA) is 61.2 Å². The van der Waals surface area contributed by atoms with Crippen LogP contribution in [-0.2, 0) is 7.05 Å². The van der Waals surface area contributed by atoms with Gasteiger partial charge in [0.1, 0.15) is 0 Å². The van der Waals surface area contributed by atoms with Crippen LogP contribution in [0.2, 0.25) is 0 Å². The van der Waals surface area contributed by atoms with E-state index in [1.54, 1.807) is 13.1 Å². The van der Waals surface area contributed by atoms with Crippen LogP contribution in [0.15, 0.2) is 38.0 Å². The van der Waals surface area contributed by atoms with Crippen molar-refractivity contribution in [1.82, 2.24) is 9.72 Å². The molecule has 0 aliphatic heterocycles. The molecule has 0 fully saturated rings. The van der Waals surface area contributed by atoms with Crippen molar-refractivity contribution in [1.29, 1.82) is 0 Å². The summed E-state index contributed by atoms with van der Waals surface area (Å²) in [6.45, 7) is 1.86. The fourth-order valence-electron chi connectivity index (χ4n) is 1.79. The number of fused-ring (bicyclic) bond motifs is 1. The van der Waals surface area contributed by atoms with E-state index in [0.29, 0.717) is 11.3 Å². The summed E-state index contributed by atoms with van der Waals surface area (Å²) in [5, 5.41) is 3.82. The number of rotatable bonds is 1. The molecule has 0 radical (unpaired) electrons. The largest absolute Gasteiger partial charge is 0.419 e. The van der Waals surface area contributed by atoms with Crippen molar-refractivity contribution in [2.75, 3.05) is 0 Å². The van der Waals surface area contributed by atoms with Gasteiger partial charge in [0.15, 0.2) is 11.3 Å². The number of benzene rings is 1. The number of aryl methyl sites for hydroxylation is 2. The first kappa shape index (κ1) is 9.89. The second kappa shape index (κ2) is 3.35. The van der Waals surface area contributed by atoms with E-state index in [1.165, 1.54) is 4.57 Å². The minimum Gasteiger partial charge on any atom is -0.408 e. The molecule has 0 aliphatic carbocycles. The van der Waals surface area contributed by atoms with Gasteiger partial charge in [-0.15, -0.1) is 0 Å². The van der Waals surface area contributed by atoms with Gasteiger partial charge in [-0.1, -0.05) is 5.16 Å². The van der Waals surface area contributed by atoms with Crippen LogP contribution in [0.25, 0.3) is 22.4 Å². The maximum absolute atomic E-state index is 11.4. The Kier molecular flexibility index (Phi) is 1.95. The molecule has 0 atom stereocenters. The average molecular weight is 230 g/mol. The molecule has 2 aromatic heterocycles. The van der Waals surface area contributed by atoms with E-state index >= 15 is 0 Å². The summed E-state index contributed by atoms with van der Waals surface area (Å²) in [7, 11) is 1.67. The maximum atomic E-state index is 11.4. The minimum absolute atomic E-state index is 0.370. The van der Waals surface area contributed by atoms with Crippen LogP contribution in [0.3, 0.4) is 0 Å². The third-order valence-corrected chi connectivity index (χ3v) is 2.70. The van der Waals surface area contributed by atoms with Gasteiger partial charge in [-0.25, -0.2) is 4.79 Å². The lowest BCUT2D eigenvalue weighted by Crippen LogP contribution is -2.08. The summed E-state index contributed by atoms with van der Waals surface area (Å²) in [6, 6.07) is 7.31. The van der Waals surface area contributed by atoms with Gasteiger partial charge < -0.3 is 8.94 Å². The molecule has 3 rings (SSSR count). The van der Waals surface area contributed by atoms with Gasteiger partial charge in [-0.3, -0.25) is 4.57 Å². The lowest BCUT2D eigenvalue weighted by Gasteiger charge is -1.95. The smallest absolute Gasteiger partial charge is 0.408 e. The molecule has 0 spiro atoms. The summed E-state index contributed by atoms with van der Waals surface area (Å²) < 4.78 is 11.7. The van der Waals surface area contributed by atoms with Crippen LogP contribution in [0, 0.1) is 6.92 Å². The van der Waals surface area contributed by atoms with E-state index in [4.69, 9.17) is 8.94 Å². The molecule has 0 bridgehead atoms. The van der Waals surface area contributed by atoms with Crippen LogP contribution < -0.4 is 5.76 Å². The van der Waals surface area contributed by atoms with Crippen LogP contribution in [-0.4, -0.2) is 9.72 Å². The first-order chi connectivity index (χ1) is 8.15. The molecule has 0 saturated heterocycles. The first-order valence-electron chi connectivity index (χ1n) is 5.18. The Hall–Kier alpha value is -2.30. The molecule has 17 heavy (non-hydrogen) atoms. The Balaban J connectivity index is 2.23. The van der Waals surface area contributed by atoms with Crippen molar-refractivity contribution < 1.29 is 8.94 Å². The third kappa shape index (κ3) is 1.47. The fraction of sp³-hybridized carbons (Fsp3) is 0.167.